The predicted octanol–water partition coefficient (Wildman–Crippen LogP) is 2.94. The fourth-order valence-electron chi connectivity index (χ4n) is 1.81. The molecule has 0 aliphatic heterocycles. The number of aliphatic hydroxyl groups excluding tert-OH is 1. The van der Waals surface area contributed by atoms with Gasteiger partial charge in [-0.05, 0) is 58.2 Å². The maximum Gasteiger partial charge on any atom is 0.0792 e. The summed E-state index contributed by atoms with van der Waals surface area (Å²) in [6.07, 6.45) is 1.08. The Kier molecular flexibility index (Phi) is 4.66. The van der Waals surface area contributed by atoms with Gasteiger partial charge in [-0.3, -0.25) is 4.98 Å². The number of nitrogens with zero attached hydrogens (tertiary/aromatic N) is 1. The maximum absolute atomic E-state index is 10.1. The molecule has 1 unspecified atom stereocenters. The third kappa shape index (κ3) is 4.44. The first-order valence-electron chi connectivity index (χ1n) is 6.02. The molecular weight excluding hydrogens is 214 g/mol. The summed E-state index contributed by atoms with van der Waals surface area (Å²) in [6.45, 7) is 7.95. The third-order valence-corrected chi connectivity index (χ3v) is 3.06. The highest BCUT2D eigenvalue weighted by Crippen LogP contribution is 2.24. The first-order valence-corrected chi connectivity index (χ1v) is 6.02. The number of rotatable bonds is 5. The molecule has 1 aromatic heterocycles. The van der Waals surface area contributed by atoms with Gasteiger partial charge >= 0.3 is 0 Å². The van der Waals surface area contributed by atoms with Gasteiger partial charge in [-0.15, -0.1) is 0 Å². The van der Waals surface area contributed by atoms with Crippen LogP contribution in [0.15, 0.2) is 12.1 Å². The van der Waals surface area contributed by atoms with E-state index < -0.39 is 6.10 Å². The van der Waals surface area contributed by atoms with E-state index in [1.54, 1.807) is 7.11 Å². The molecule has 0 fully saturated rings. The van der Waals surface area contributed by atoms with Crippen molar-refractivity contribution in [2.75, 3.05) is 7.11 Å². The lowest BCUT2D eigenvalue weighted by atomic mass is 9.96. The highest BCUT2D eigenvalue weighted by molar-refractivity contribution is 5.22. The van der Waals surface area contributed by atoms with Crippen LogP contribution in [-0.4, -0.2) is 22.8 Å². The van der Waals surface area contributed by atoms with E-state index in [1.165, 1.54) is 0 Å². The number of hydrogen-bond acceptors (Lipinski definition) is 3. The number of ether oxygens (including phenoxy) is 1. The van der Waals surface area contributed by atoms with Gasteiger partial charge < -0.3 is 9.84 Å². The number of hydrogen-bond donors (Lipinski definition) is 1. The molecule has 1 atom stereocenters. The Bertz CT molecular complexity index is 354. The smallest absolute Gasteiger partial charge is 0.0792 e. The van der Waals surface area contributed by atoms with Crippen LogP contribution in [0.3, 0.4) is 0 Å². The second-order valence-corrected chi connectivity index (χ2v) is 5.20. The highest BCUT2D eigenvalue weighted by Gasteiger charge is 2.19. The Morgan fingerprint density at radius 1 is 1.29 bits per heavy atom. The van der Waals surface area contributed by atoms with Gasteiger partial charge in [0.2, 0.25) is 0 Å². The minimum absolute atomic E-state index is 0.182. The summed E-state index contributed by atoms with van der Waals surface area (Å²) >= 11 is 0. The molecule has 0 saturated heterocycles. The molecule has 1 N–H and O–H groups in total. The van der Waals surface area contributed by atoms with E-state index in [0.717, 1.165) is 23.4 Å². The summed E-state index contributed by atoms with van der Waals surface area (Å²) in [6, 6.07) is 3.88. The monoisotopic (exact) mass is 237 g/mol. The van der Waals surface area contributed by atoms with Crippen LogP contribution in [-0.2, 0) is 4.74 Å². The Morgan fingerprint density at radius 3 is 2.29 bits per heavy atom. The lowest BCUT2D eigenvalue weighted by molar-refractivity contribution is 0.00277. The topological polar surface area (TPSA) is 42.4 Å². The number of aromatic nitrogens is 1. The molecule has 0 spiro atoms. The van der Waals surface area contributed by atoms with Gasteiger partial charge in [0.05, 0.1) is 11.7 Å². The number of aliphatic hydroxyl groups is 1. The molecule has 1 aromatic rings. The fraction of sp³-hybridized carbons (Fsp3) is 0.643. The van der Waals surface area contributed by atoms with Crippen LogP contribution in [0, 0.1) is 13.8 Å². The van der Waals surface area contributed by atoms with Gasteiger partial charge in [0.25, 0.3) is 0 Å². The molecule has 3 heteroatoms. The molecule has 0 aromatic carbocycles. The SMILES string of the molecule is COC(C)(C)CCC(O)c1cc(C)nc(C)c1. The molecule has 96 valence electrons. The summed E-state index contributed by atoms with van der Waals surface area (Å²) < 4.78 is 5.35. The summed E-state index contributed by atoms with van der Waals surface area (Å²) in [7, 11) is 1.70. The minimum Gasteiger partial charge on any atom is -0.388 e. The molecule has 0 bridgehead atoms. The van der Waals surface area contributed by atoms with Crippen LogP contribution in [0.1, 0.15) is 49.7 Å². The van der Waals surface area contributed by atoms with Gasteiger partial charge in [0.1, 0.15) is 0 Å². The van der Waals surface area contributed by atoms with Gasteiger partial charge in [0.15, 0.2) is 0 Å². The first kappa shape index (κ1) is 14.1. The van der Waals surface area contributed by atoms with E-state index in [9.17, 15) is 5.11 Å². The van der Waals surface area contributed by atoms with Crippen molar-refractivity contribution in [2.24, 2.45) is 0 Å². The van der Waals surface area contributed by atoms with Crippen LogP contribution in [0.25, 0.3) is 0 Å². The van der Waals surface area contributed by atoms with Crippen LogP contribution < -0.4 is 0 Å². The summed E-state index contributed by atoms with van der Waals surface area (Å²) in [5, 5.41) is 10.1. The van der Waals surface area contributed by atoms with E-state index in [2.05, 4.69) is 4.98 Å². The number of pyridine rings is 1. The van der Waals surface area contributed by atoms with E-state index in [0.29, 0.717) is 6.42 Å². The quantitative estimate of drug-likeness (QED) is 0.856. The molecule has 1 rings (SSSR count). The van der Waals surface area contributed by atoms with E-state index in [4.69, 9.17) is 4.74 Å². The molecule has 0 saturated carbocycles. The van der Waals surface area contributed by atoms with Crippen molar-refractivity contribution in [3.05, 3.63) is 29.1 Å². The highest BCUT2D eigenvalue weighted by atomic mass is 16.5. The molecule has 17 heavy (non-hydrogen) atoms. The summed E-state index contributed by atoms with van der Waals surface area (Å²) in [4.78, 5) is 4.31. The van der Waals surface area contributed by atoms with Gasteiger partial charge in [-0.1, -0.05) is 0 Å². The van der Waals surface area contributed by atoms with Crippen molar-refractivity contribution >= 4 is 0 Å². The molecule has 0 radical (unpaired) electrons. The Labute approximate surface area is 104 Å². The maximum atomic E-state index is 10.1. The Balaban J connectivity index is 2.67. The van der Waals surface area contributed by atoms with Gasteiger partial charge in [-0.25, -0.2) is 0 Å². The second kappa shape index (κ2) is 5.61. The second-order valence-electron chi connectivity index (χ2n) is 5.20. The Hall–Kier alpha value is -0.930. The van der Waals surface area contributed by atoms with E-state index in [1.807, 2.05) is 39.8 Å². The van der Waals surface area contributed by atoms with Crippen LogP contribution in [0.2, 0.25) is 0 Å². The fourth-order valence-corrected chi connectivity index (χ4v) is 1.81. The average molecular weight is 237 g/mol. The van der Waals surface area contributed by atoms with Gasteiger partial charge in [-0.2, -0.15) is 0 Å². The molecule has 0 aliphatic carbocycles. The van der Waals surface area contributed by atoms with Crippen molar-refractivity contribution in [1.29, 1.82) is 0 Å². The van der Waals surface area contributed by atoms with E-state index >= 15 is 0 Å². The first-order chi connectivity index (χ1) is 7.84. The average Bonchev–Trinajstić information content (AvgIpc) is 2.24. The summed E-state index contributed by atoms with van der Waals surface area (Å²) in [5.41, 5.74) is 2.66. The molecule has 3 nitrogen and oxygen atoms in total. The standard InChI is InChI=1S/C14H23NO2/c1-10-8-12(9-11(2)15-10)13(16)6-7-14(3,4)17-5/h8-9,13,16H,6-7H2,1-5H3. The van der Waals surface area contributed by atoms with Crippen LogP contribution >= 0.6 is 0 Å². The number of methoxy groups -OCH3 is 1. The largest absolute Gasteiger partial charge is 0.388 e. The predicted molar refractivity (Wildman–Crippen MR) is 69.0 cm³/mol. The normalized spacial score (nSPS) is 13.8. The zero-order chi connectivity index (χ0) is 13.1. The lowest BCUT2D eigenvalue weighted by Crippen LogP contribution is -2.23. The van der Waals surface area contributed by atoms with Crippen molar-refractivity contribution in [3.63, 3.8) is 0 Å². The zero-order valence-electron chi connectivity index (χ0n) is 11.4. The van der Waals surface area contributed by atoms with Crippen LogP contribution in [0.5, 0.6) is 0 Å². The third-order valence-electron chi connectivity index (χ3n) is 3.06. The van der Waals surface area contributed by atoms with Crippen LogP contribution in [0.4, 0.5) is 0 Å². The molecular formula is C14H23NO2. The van der Waals surface area contributed by atoms with Gasteiger partial charge in [0, 0.05) is 18.5 Å². The Morgan fingerprint density at radius 2 is 1.82 bits per heavy atom. The molecule has 1 heterocycles. The molecule has 0 aliphatic rings. The summed E-state index contributed by atoms with van der Waals surface area (Å²) in [5.74, 6) is 0. The zero-order valence-corrected chi connectivity index (χ0v) is 11.4. The van der Waals surface area contributed by atoms with Crippen molar-refractivity contribution < 1.29 is 9.84 Å². The van der Waals surface area contributed by atoms with Crippen molar-refractivity contribution in [2.45, 2.75) is 52.2 Å². The van der Waals surface area contributed by atoms with Crippen molar-refractivity contribution in [3.8, 4) is 0 Å². The minimum atomic E-state index is -0.440. The molecule has 0 amide bonds. The number of aryl methyl sites for hydroxylation is 2. The van der Waals surface area contributed by atoms with E-state index in [-0.39, 0.29) is 5.60 Å². The lowest BCUT2D eigenvalue weighted by Gasteiger charge is -2.24. The van der Waals surface area contributed by atoms with Crippen molar-refractivity contribution in [1.82, 2.24) is 4.98 Å².